The van der Waals surface area contributed by atoms with Gasteiger partial charge in [0.2, 0.25) is 5.82 Å². The summed E-state index contributed by atoms with van der Waals surface area (Å²) in [5, 5.41) is 7.36. The number of allylic oxidation sites excluding steroid dienone is 1. The third-order valence-corrected chi connectivity index (χ3v) is 6.28. The van der Waals surface area contributed by atoms with Crippen LogP contribution in [0.3, 0.4) is 0 Å². The Labute approximate surface area is 215 Å². The highest BCUT2D eigenvalue weighted by atomic mass is 16.5. The molecule has 1 aliphatic rings. The molecule has 1 N–H and O–H groups in total. The Morgan fingerprint density at radius 2 is 1.78 bits per heavy atom. The van der Waals surface area contributed by atoms with E-state index in [1.165, 1.54) is 0 Å². The van der Waals surface area contributed by atoms with Crippen LogP contribution in [-0.2, 0) is 6.54 Å². The molecule has 188 valence electrons. The second-order valence-electron chi connectivity index (χ2n) is 8.61. The number of hydrogen-bond acceptors (Lipinski definition) is 6. The molecule has 1 atom stereocenters. The number of nitrogens with zero attached hydrogens (tertiary/aromatic N) is 3. The molecule has 0 saturated heterocycles. The molecule has 1 unspecified atom stereocenters. The smallest absolute Gasteiger partial charge is 0.322 e. The molecule has 0 bridgehead atoms. The summed E-state index contributed by atoms with van der Waals surface area (Å²) in [5.74, 6) is 2.33. The first kappa shape index (κ1) is 24.1. The number of hydrogen-bond donors (Lipinski definition) is 1. The van der Waals surface area contributed by atoms with Crippen molar-refractivity contribution in [2.75, 3.05) is 13.7 Å². The summed E-state index contributed by atoms with van der Waals surface area (Å²) >= 11 is 0. The third kappa shape index (κ3) is 5.04. The van der Waals surface area contributed by atoms with Crippen LogP contribution < -0.4 is 14.8 Å². The highest BCUT2D eigenvalue weighted by Crippen LogP contribution is 2.38. The lowest BCUT2D eigenvalue weighted by atomic mass is 9.94. The molecule has 0 spiro atoms. The van der Waals surface area contributed by atoms with Crippen molar-refractivity contribution in [1.29, 1.82) is 0 Å². The van der Waals surface area contributed by atoms with Gasteiger partial charge in [-0.1, -0.05) is 59.8 Å². The Bertz CT molecular complexity index is 1410. The van der Waals surface area contributed by atoms with Gasteiger partial charge in [-0.15, -0.1) is 0 Å². The summed E-state index contributed by atoms with van der Waals surface area (Å²) in [6.45, 7) is 4.78. The maximum absolute atomic E-state index is 13.4. The van der Waals surface area contributed by atoms with E-state index in [1.807, 2.05) is 92.7 Å². The van der Waals surface area contributed by atoms with E-state index >= 15 is 0 Å². The lowest BCUT2D eigenvalue weighted by Crippen LogP contribution is -2.45. The van der Waals surface area contributed by atoms with Gasteiger partial charge in [-0.2, -0.15) is 4.98 Å². The number of rotatable bonds is 8. The van der Waals surface area contributed by atoms with Crippen molar-refractivity contribution >= 4 is 11.6 Å². The first-order valence-corrected chi connectivity index (χ1v) is 12.1. The van der Waals surface area contributed by atoms with Crippen LogP contribution in [0.15, 0.2) is 89.1 Å². The molecule has 8 heteroatoms. The molecule has 3 aromatic carbocycles. The van der Waals surface area contributed by atoms with Gasteiger partial charge in [-0.25, -0.2) is 4.79 Å². The van der Waals surface area contributed by atoms with Gasteiger partial charge in [0.1, 0.15) is 11.5 Å². The molecule has 0 radical (unpaired) electrons. The highest BCUT2D eigenvalue weighted by Gasteiger charge is 2.36. The molecular weight excluding hydrogens is 468 g/mol. The summed E-state index contributed by atoms with van der Waals surface area (Å²) in [5.41, 5.74) is 4.13. The van der Waals surface area contributed by atoms with E-state index in [0.717, 1.165) is 39.5 Å². The van der Waals surface area contributed by atoms with E-state index in [0.29, 0.717) is 24.9 Å². The van der Waals surface area contributed by atoms with Gasteiger partial charge >= 0.3 is 6.03 Å². The molecular formula is C29H28N4O4. The molecule has 8 nitrogen and oxygen atoms in total. The molecule has 2 heterocycles. The van der Waals surface area contributed by atoms with Crippen LogP contribution in [0.5, 0.6) is 11.5 Å². The van der Waals surface area contributed by atoms with Crippen molar-refractivity contribution in [3.8, 4) is 22.9 Å². The predicted molar refractivity (Wildman–Crippen MR) is 140 cm³/mol. The van der Waals surface area contributed by atoms with Crippen LogP contribution >= 0.6 is 0 Å². The molecule has 2 amide bonds. The minimum Gasteiger partial charge on any atom is -0.497 e. The maximum Gasteiger partial charge on any atom is 0.322 e. The third-order valence-electron chi connectivity index (χ3n) is 6.28. The SMILES string of the molecule is CCOc1cccc(CN2C(=O)NC(c3ccc(OC)cc3)C(c3nc(-c4ccccc4)no3)=C2C)c1. The summed E-state index contributed by atoms with van der Waals surface area (Å²) in [6.07, 6.45) is 0. The van der Waals surface area contributed by atoms with Gasteiger partial charge in [0.05, 0.1) is 31.9 Å². The molecule has 4 aromatic rings. The quantitative estimate of drug-likeness (QED) is 0.330. The van der Waals surface area contributed by atoms with Crippen molar-refractivity contribution < 1.29 is 18.8 Å². The average molecular weight is 497 g/mol. The van der Waals surface area contributed by atoms with Crippen LogP contribution in [0.25, 0.3) is 17.0 Å². The van der Waals surface area contributed by atoms with Crippen molar-refractivity contribution in [1.82, 2.24) is 20.4 Å². The topological polar surface area (TPSA) is 89.7 Å². The fourth-order valence-electron chi connectivity index (χ4n) is 4.42. The normalized spacial score (nSPS) is 15.5. The zero-order valence-electron chi connectivity index (χ0n) is 21.0. The standard InChI is InChI=1S/C29H28N4O4/c1-4-36-24-12-8-9-20(17-24)18-33-19(2)25(28-31-27(32-37-28)22-10-6-5-7-11-22)26(30-29(33)34)21-13-15-23(35-3)16-14-21/h5-17,26H,4,18H2,1-3H3,(H,30,34). The molecule has 0 saturated carbocycles. The van der Waals surface area contributed by atoms with Crippen LogP contribution in [0.1, 0.15) is 36.9 Å². The van der Waals surface area contributed by atoms with Gasteiger partial charge in [0.15, 0.2) is 0 Å². The summed E-state index contributed by atoms with van der Waals surface area (Å²) in [6, 6.07) is 24.3. The van der Waals surface area contributed by atoms with E-state index in [2.05, 4.69) is 10.5 Å². The Kier molecular flexibility index (Phi) is 6.89. The van der Waals surface area contributed by atoms with Gasteiger partial charge < -0.3 is 19.3 Å². The Morgan fingerprint density at radius 1 is 1.00 bits per heavy atom. The molecule has 0 fully saturated rings. The van der Waals surface area contributed by atoms with Crippen molar-refractivity contribution in [2.45, 2.75) is 26.4 Å². The van der Waals surface area contributed by atoms with Crippen molar-refractivity contribution in [2.24, 2.45) is 0 Å². The van der Waals surface area contributed by atoms with Gasteiger partial charge in [-0.3, -0.25) is 4.90 Å². The highest BCUT2D eigenvalue weighted by molar-refractivity contribution is 5.87. The largest absolute Gasteiger partial charge is 0.497 e. The molecule has 0 aliphatic carbocycles. The maximum atomic E-state index is 13.4. The number of carbonyl (C=O) groups is 1. The molecule has 37 heavy (non-hydrogen) atoms. The molecule has 5 rings (SSSR count). The number of aromatic nitrogens is 2. The van der Waals surface area contributed by atoms with Gasteiger partial charge in [-0.05, 0) is 49.2 Å². The minimum absolute atomic E-state index is 0.216. The first-order valence-electron chi connectivity index (χ1n) is 12.1. The predicted octanol–water partition coefficient (Wildman–Crippen LogP) is 5.84. The van der Waals surface area contributed by atoms with Gasteiger partial charge in [0, 0.05) is 11.3 Å². The zero-order chi connectivity index (χ0) is 25.8. The minimum atomic E-state index is -0.478. The van der Waals surface area contributed by atoms with E-state index in [1.54, 1.807) is 12.0 Å². The Balaban J connectivity index is 1.56. The Morgan fingerprint density at radius 3 is 2.51 bits per heavy atom. The van der Waals surface area contributed by atoms with E-state index in [9.17, 15) is 4.79 Å². The summed E-state index contributed by atoms with van der Waals surface area (Å²) in [7, 11) is 1.62. The van der Waals surface area contributed by atoms with E-state index < -0.39 is 6.04 Å². The number of benzene rings is 3. The number of ether oxygens (including phenoxy) is 2. The van der Waals surface area contributed by atoms with Crippen LogP contribution in [0.2, 0.25) is 0 Å². The summed E-state index contributed by atoms with van der Waals surface area (Å²) in [4.78, 5) is 19.8. The van der Waals surface area contributed by atoms with Crippen molar-refractivity contribution in [3.05, 3.63) is 102 Å². The Hall–Kier alpha value is -4.59. The van der Waals surface area contributed by atoms with Crippen LogP contribution in [0, 0.1) is 0 Å². The summed E-state index contributed by atoms with van der Waals surface area (Å²) < 4.78 is 16.7. The zero-order valence-corrected chi connectivity index (χ0v) is 21.0. The fourth-order valence-corrected chi connectivity index (χ4v) is 4.42. The number of carbonyl (C=O) groups excluding carboxylic acids is 1. The van der Waals surface area contributed by atoms with Gasteiger partial charge in [0.25, 0.3) is 5.89 Å². The monoisotopic (exact) mass is 496 g/mol. The lowest BCUT2D eigenvalue weighted by Gasteiger charge is -2.35. The molecule has 1 aliphatic heterocycles. The number of nitrogens with one attached hydrogen (secondary N) is 1. The van der Waals surface area contributed by atoms with E-state index in [-0.39, 0.29) is 6.03 Å². The van der Waals surface area contributed by atoms with Crippen molar-refractivity contribution in [3.63, 3.8) is 0 Å². The second kappa shape index (κ2) is 10.6. The number of amides is 2. The number of urea groups is 1. The first-order chi connectivity index (χ1) is 18.1. The molecule has 1 aromatic heterocycles. The average Bonchev–Trinajstić information content (AvgIpc) is 3.41. The van der Waals surface area contributed by atoms with Crippen LogP contribution in [-0.4, -0.2) is 34.8 Å². The fraction of sp³-hybridized carbons (Fsp3) is 0.207. The lowest BCUT2D eigenvalue weighted by molar-refractivity contribution is 0.203. The number of methoxy groups -OCH3 is 1. The van der Waals surface area contributed by atoms with E-state index in [4.69, 9.17) is 19.0 Å². The van der Waals surface area contributed by atoms with Crippen LogP contribution in [0.4, 0.5) is 4.79 Å². The second-order valence-corrected chi connectivity index (χ2v) is 8.61.